The Labute approximate surface area is 124 Å². The Hall–Kier alpha value is -1.93. The summed E-state index contributed by atoms with van der Waals surface area (Å²) in [5.74, 6) is -4.73. The van der Waals surface area contributed by atoms with Gasteiger partial charge in [0, 0.05) is 6.04 Å². The summed E-state index contributed by atoms with van der Waals surface area (Å²) in [5.41, 5.74) is 0.110. The van der Waals surface area contributed by atoms with Gasteiger partial charge >= 0.3 is 0 Å². The van der Waals surface area contributed by atoms with Crippen LogP contribution in [0.25, 0.3) is 0 Å². The van der Waals surface area contributed by atoms with Crippen LogP contribution < -0.4 is 4.72 Å². The maximum Gasteiger partial charge on any atom is 0.246 e. The van der Waals surface area contributed by atoms with Crippen LogP contribution in [0, 0.1) is 23.3 Å². The summed E-state index contributed by atoms with van der Waals surface area (Å²) in [7, 11) is -4.51. The monoisotopic (exact) mass is 333 g/mol. The smallest absolute Gasteiger partial charge is 0.207 e. The van der Waals surface area contributed by atoms with E-state index in [4.69, 9.17) is 0 Å². The van der Waals surface area contributed by atoms with Crippen LogP contribution in [-0.4, -0.2) is 8.42 Å². The standard InChI is InChI=1S/C14H11F4NO2S/c1-8(9-5-6-10(15)13(18)7-9)19-22(20,21)14-11(16)3-2-4-12(14)17/h2-8,19H,1H3/t8-/m1/s1. The Kier molecular flexibility index (Phi) is 4.52. The van der Waals surface area contributed by atoms with Crippen LogP contribution in [-0.2, 0) is 10.0 Å². The second-order valence-corrected chi connectivity index (χ2v) is 6.22. The molecule has 0 aliphatic heterocycles. The minimum absolute atomic E-state index is 0.110. The van der Waals surface area contributed by atoms with Gasteiger partial charge in [0.05, 0.1) is 0 Å². The van der Waals surface area contributed by atoms with E-state index >= 15 is 0 Å². The maximum absolute atomic E-state index is 13.5. The van der Waals surface area contributed by atoms with E-state index in [-0.39, 0.29) is 5.56 Å². The van der Waals surface area contributed by atoms with Crippen LogP contribution in [0.15, 0.2) is 41.3 Å². The van der Waals surface area contributed by atoms with E-state index in [0.717, 1.165) is 30.3 Å². The van der Waals surface area contributed by atoms with Crippen molar-refractivity contribution in [3.05, 3.63) is 65.2 Å². The zero-order valence-corrected chi connectivity index (χ0v) is 12.1. The summed E-state index contributed by atoms with van der Waals surface area (Å²) in [6.45, 7) is 1.34. The molecule has 0 saturated heterocycles. The minimum atomic E-state index is -4.51. The summed E-state index contributed by atoms with van der Waals surface area (Å²) >= 11 is 0. The normalized spacial score (nSPS) is 13.1. The molecule has 2 rings (SSSR count). The molecule has 22 heavy (non-hydrogen) atoms. The van der Waals surface area contributed by atoms with Gasteiger partial charge in [0.25, 0.3) is 0 Å². The van der Waals surface area contributed by atoms with Crippen molar-refractivity contribution >= 4 is 10.0 Å². The van der Waals surface area contributed by atoms with Gasteiger partial charge in [0.1, 0.15) is 11.6 Å². The molecule has 2 aromatic rings. The Morgan fingerprint density at radius 3 is 2.05 bits per heavy atom. The van der Waals surface area contributed by atoms with Crippen LogP contribution in [0.3, 0.4) is 0 Å². The number of benzene rings is 2. The number of hydrogen-bond acceptors (Lipinski definition) is 2. The molecule has 0 aromatic heterocycles. The van der Waals surface area contributed by atoms with E-state index in [1.807, 2.05) is 4.72 Å². The molecule has 1 atom stereocenters. The highest BCUT2D eigenvalue weighted by Crippen LogP contribution is 2.22. The summed E-state index contributed by atoms with van der Waals surface area (Å²) in [6.07, 6.45) is 0. The van der Waals surface area contributed by atoms with Crippen molar-refractivity contribution in [2.45, 2.75) is 17.9 Å². The molecule has 0 aliphatic rings. The number of hydrogen-bond donors (Lipinski definition) is 1. The fourth-order valence-electron chi connectivity index (χ4n) is 1.88. The van der Waals surface area contributed by atoms with Gasteiger partial charge in [-0.15, -0.1) is 0 Å². The van der Waals surface area contributed by atoms with Gasteiger partial charge in [0.15, 0.2) is 16.5 Å². The first-order chi connectivity index (χ1) is 10.2. The van der Waals surface area contributed by atoms with E-state index in [1.54, 1.807) is 0 Å². The Balaban J connectivity index is 2.34. The lowest BCUT2D eigenvalue weighted by Crippen LogP contribution is -2.28. The molecule has 0 bridgehead atoms. The van der Waals surface area contributed by atoms with Gasteiger partial charge in [-0.1, -0.05) is 12.1 Å². The van der Waals surface area contributed by atoms with Crippen LogP contribution >= 0.6 is 0 Å². The van der Waals surface area contributed by atoms with Gasteiger partial charge in [0.2, 0.25) is 10.0 Å². The number of sulfonamides is 1. The molecule has 0 unspecified atom stereocenters. The average Bonchev–Trinajstić information content (AvgIpc) is 2.40. The third-order valence-electron chi connectivity index (χ3n) is 2.96. The van der Waals surface area contributed by atoms with E-state index in [0.29, 0.717) is 0 Å². The molecule has 0 aliphatic carbocycles. The molecule has 0 saturated carbocycles. The van der Waals surface area contributed by atoms with Gasteiger partial charge in [-0.2, -0.15) is 0 Å². The first-order valence-electron chi connectivity index (χ1n) is 6.13. The number of nitrogens with one attached hydrogen (secondary N) is 1. The lowest BCUT2D eigenvalue weighted by atomic mass is 10.1. The van der Waals surface area contributed by atoms with E-state index in [9.17, 15) is 26.0 Å². The Bertz CT molecular complexity index is 788. The quantitative estimate of drug-likeness (QED) is 0.873. The Morgan fingerprint density at radius 2 is 1.50 bits per heavy atom. The SMILES string of the molecule is C[C@@H](NS(=O)(=O)c1c(F)cccc1F)c1ccc(F)c(F)c1. The third kappa shape index (κ3) is 3.28. The summed E-state index contributed by atoms with van der Waals surface area (Å²) in [5, 5.41) is 0. The van der Waals surface area contributed by atoms with Crippen LogP contribution in [0.1, 0.15) is 18.5 Å². The molecular formula is C14H11F4NO2S. The predicted octanol–water partition coefficient (Wildman–Crippen LogP) is 3.28. The van der Waals surface area contributed by atoms with Gasteiger partial charge in [-0.3, -0.25) is 0 Å². The molecular weight excluding hydrogens is 322 g/mol. The number of rotatable bonds is 4. The van der Waals surface area contributed by atoms with E-state index < -0.39 is 44.2 Å². The summed E-state index contributed by atoms with van der Waals surface area (Å²) in [6, 6.07) is 4.43. The van der Waals surface area contributed by atoms with Crippen molar-refractivity contribution in [1.82, 2.24) is 4.72 Å². The first kappa shape index (κ1) is 16.4. The van der Waals surface area contributed by atoms with Crippen molar-refractivity contribution < 1.29 is 26.0 Å². The largest absolute Gasteiger partial charge is 0.246 e. The van der Waals surface area contributed by atoms with Crippen LogP contribution in [0.5, 0.6) is 0 Å². The zero-order chi connectivity index (χ0) is 16.5. The predicted molar refractivity (Wildman–Crippen MR) is 71.5 cm³/mol. The number of halogens is 4. The van der Waals surface area contributed by atoms with Crippen molar-refractivity contribution in [1.29, 1.82) is 0 Å². The molecule has 0 fully saturated rings. The summed E-state index contributed by atoms with van der Waals surface area (Å²) in [4.78, 5) is -1.12. The highest BCUT2D eigenvalue weighted by Gasteiger charge is 2.26. The summed E-state index contributed by atoms with van der Waals surface area (Å²) < 4.78 is 79.2. The Morgan fingerprint density at radius 1 is 0.909 bits per heavy atom. The lowest BCUT2D eigenvalue weighted by Gasteiger charge is -2.15. The van der Waals surface area contributed by atoms with Gasteiger partial charge in [-0.05, 0) is 36.8 Å². The molecule has 0 amide bonds. The molecule has 0 radical (unpaired) electrons. The molecule has 8 heteroatoms. The van der Waals surface area contributed by atoms with E-state index in [1.165, 1.54) is 13.0 Å². The van der Waals surface area contributed by atoms with Crippen molar-refractivity contribution in [2.24, 2.45) is 0 Å². The fourth-order valence-corrected chi connectivity index (χ4v) is 3.25. The molecule has 0 heterocycles. The van der Waals surface area contributed by atoms with Gasteiger partial charge < -0.3 is 0 Å². The second kappa shape index (κ2) is 6.05. The molecule has 2 aromatic carbocycles. The van der Waals surface area contributed by atoms with Crippen molar-refractivity contribution in [3.8, 4) is 0 Å². The second-order valence-electron chi connectivity index (χ2n) is 4.57. The zero-order valence-electron chi connectivity index (χ0n) is 11.3. The highest BCUT2D eigenvalue weighted by atomic mass is 32.2. The fraction of sp³-hybridized carbons (Fsp3) is 0.143. The van der Waals surface area contributed by atoms with Crippen LogP contribution in [0.4, 0.5) is 17.6 Å². The van der Waals surface area contributed by atoms with Crippen LogP contribution in [0.2, 0.25) is 0 Å². The first-order valence-corrected chi connectivity index (χ1v) is 7.62. The van der Waals surface area contributed by atoms with Crippen molar-refractivity contribution in [3.63, 3.8) is 0 Å². The maximum atomic E-state index is 13.5. The molecule has 1 N–H and O–H groups in total. The van der Waals surface area contributed by atoms with Gasteiger partial charge in [-0.25, -0.2) is 30.7 Å². The molecule has 3 nitrogen and oxygen atoms in total. The molecule has 118 valence electrons. The van der Waals surface area contributed by atoms with Crippen molar-refractivity contribution in [2.75, 3.05) is 0 Å². The topological polar surface area (TPSA) is 46.2 Å². The van der Waals surface area contributed by atoms with E-state index in [2.05, 4.69) is 0 Å². The lowest BCUT2D eigenvalue weighted by molar-refractivity contribution is 0.501. The highest BCUT2D eigenvalue weighted by molar-refractivity contribution is 7.89. The average molecular weight is 333 g/mol. The minimum Gasteiger partial charge on any atom is -0.207 e. The third-order valence-corrected chi connectivity index (χ3v) is 4.55. The molecule has 0 spiro atoms.